The van der Waals surface area contributed by atoms with E-state index in [2.05, 4.69) is 15.3 Å². The molecule has 0 saturated heterocycles. The van der Waals surface area contributed by atoms with Crippen LogP contribution < -0.4 is 5.32 Å². The zero-order valence-electron chi connectivity index (χ0n) is 11.7. The number of nitrogens with one attached hydrogen (secondary N) is 1. The van der Waals surface area contributed by atoms with Crippen molar-refractivity contribution in [3.8, 4) is 0 Å². The van der Waals surface area contributed by atoms with E-state index < -0.39 is 0 Å². The third-order valence-electron chi connectivity index (χ3n) is 2.49. The van der Waals surface area contributed by atoms with Gasteiger partial charge in [-0.25, -0.2) is 9.97 Å². The molecule has 1 N–H and O–H groups in total. The number of hydrogen-bond acceptors (Lipinski definition) is 5. The minimum atomic E-state index is 0.357. The SMILES string of the molecule is CCNc1cc(Sc2cc(Cl)ccc2Cl)nc(COC)n1. The van der Waals surface area contributed by atoms with Crippen molar-refractivity contribution in [2.24, 2.45) is 0 Å². The van der Waals surface area contributed by atoms with Crippen LogP contribution in [0.5, 0.6) is 0 Å². The lowest BCUT2D eigenvalue weighted by Gasteiger charge is -2.09. The Kier molecular flexibility index (Phi) is 6.11. The van der Waals surface area contributed by atoms with Crippen molar-refractivity contribution in [2.75, 3.05) is 19.0 Å². The van der Waals surface area contributed by atoms with Crippen LogP contribution in [-0.4, -0.2) is 23.6 Å². The highest BCUT2D eigenvalue weighted by Gasteiger charge is 2.09. The van der Waals surface area contributed by atoms with Gasteiger partial charge >= 0.3 is 0 Å². The zero-order chi connectivity index (χ0) is 15.2. The number of hydrogen-bond donors (Lipinski definition) is 1. The van der Waals surface area contributed by atoms with Crippen LogP contribution >= 0.6 is 35.0 Å². The molecule has 1 aromatic heterocycles. The van der Waals surface area contributed by atoms with Crippen LogP contribution in [0.15, 0.2) is 34.2 Å². The highest BCUT2D eigenvalue weighted by molar-refractivity contribution is 7.99. The van der Waals surface area contributed by atoms with Gasteiger partial charge < -0.3 is 10.1 Å². The van der Waals surface area contributed by atoms with Gasteiger partial charge in [0.1, 0.15) is 17.5 Å². The molecule has 21 heavy (non-hydrogen) atoms. The predicted molar refractivity (Wildman–Crippen MR) is 87.5 cm³/mol. The molecule has 7 heteroatoms. The van der Waals surface area contributed by atoms with Gasteiger partial charge in [0.05, 0.1) is 5.02 Å². The average Bonchev–Trinajstić information content (AvgIpc) is 2.43. The largest absolute Gasteiger partial charge is 0.377 e. The van der Waals surface area contributed by atoms with Crippen LogP contribution in [0.3, 0.4) is 0 Å². The molecule has 4 nitrogen and oxygen atoms in total. The molecule has 1 heterocycles. The second-order valence-electron chi connectivity index (χ2n) is 4.15. The molecule has 2 rings (SSSR count). The Morgan fingerprint density at radius 3 is 2.76 bits per heavy atom. The fourth-order valence-corrected chi connectivity index (χ4v) is 3.03. The van der Waals surface area contributed by atoms with Crippen molar-refractivity contribution in [3.63, 3.8) is 0 Å². The van der Waals surface area contributed by atoms with Crippen LogP contribution in [0, 0.1) is 0 Å². The first-order chi connectivity index (χ1) is 10.1. The number of halogens is 2. The average molecular weight is 344 g/mol. The number of rotatable bonds is 6. The summed E-state index contributed by atoms with van der Waals surface area (Å²) in [6, 6.07) is 7.23. The molecule has 0 unspecified atom stereocenters. The van der Waals surface area contributed by atoms with Gasteiger partial charge in [0, 0.05) is 29.6 Å². The summed E-state index contributed by atoms with van der Waals surface area (Å²) < 4.78 is 5.10. The second kappa shape index (κ2) is 7.84. The number of methoxy groups -OCH3 is 1. The molecule has 1 aromatic carbocycles. The van der Waals surface area contributed by atoms with Crippen molar-refractivity contribution in [1.82, 2.24) is 9.97 Å². The van der Waals surface area contributed by atoms with Crippen LogP contribution in [0.25, 0.3) is 0 Å². The van der Waals surface area contributed by atoms with E-state index in [1.54, 1.807) is 19.2 Å². The Balaban J connectivity index is 2.31. The van der Waals surface area contributed by atoms with E-state index in [0.29, 0.717) is 22.5 Å². The fourth-order valence-electron chi connectivity index (χ4n) is 1.66. The molecule has 0 bridgehead atoms. The zero-order valence-corrected chi connectivity index (χ0v) is 14.0. The molecular weight excluding hydrogens is 329 g/mol. The summed E-state index contributed by atoms with van der Waals surface area (Å²) in [6.07, 6.45) is 0. The van der Waals surface area contributed by atoms with Gasteiger partial charge in [0.2, 0.25) is 0 Å². The van der Waals surface area contributed by atoms with Gasteiger partial charge in [0.25, 0.3) is 0 Å². The maximum atomic E-state index is 6.18. The third-order valence-corrected chi connectivity index (χ3v) is 4.14. The first kappa shape index (κ1) is 16.4. The molecule has 0 atom stereocenters. The van der Waals surface area contributed by atoms with Crippen molar-refractivity contribution in [3.05, 3.63) is 40.1 Å². The van der Waals surface area contributed by atoms with Crippen molar-refractivity contribution in [2.45, 2.75) is 23.5 Å². The summed E-state index contributed by atoms with van der Waals surface area (Å²) >= 11 is 13.6. The normalized spacial score (nSPS) is 10.7. The summed E-state index contributed by atoms with van der Waals surface area (Å²) in [4.78, 5) is 9.69. The van der Waals surface area contributed by atoms with Crippen molar-refractivity contribution >= 4 is 40.8 Å². The quantitative estimate of drug-likeness (QED) is 0.781. The van der Waals surface area contributed by atoms with Crippen LogP contribution in [0.1, 0.15) is 12.7 Å². The minimum absolute atomic E-state index is 0.357. The summed E-state index contributed by atoms with van der Waals surface area (Å²) in [6.45, 7) is 3.15. The molecular formula is C14H15Cl2N3OS. The number of benzene rings is 1. The van der Waals surface area contributed by atoms with Gasteiger partial charge in [-0.1, -0.05) is 35.0 Å². The molecule has 0 fully saturated rings. The number of aromatic nitrogens is 2. The molecule has 0 aliphatic rings. The lowest BCUT2D eigenvalue weighted by molar-refractivity contribution is 0.177. The molecule has 0 saturated carbocycles. The molecule has 2 aromatic rings. The molecule has 0 amide bonds. The lowest BCUT2D eigenvalue weighted by Crippen LogP contribution is -2.05. The second-order valence-corrected chi connectivity index (χ2v) is 6.05. The molecule has 0 aliphatic carbocycles. The Morgan fingerprint density at radius 2 is 2.05 bits per heavy atom. The summed E-state index contributed by atoms with van der Waals surface area (Å²) in [5.41, 5.74) is 0. The van der Waals surface area contributed by atoms with E-state index in [-0.39, 0.29) is 0 Å². The Morgan fingerprint density at radius 1 is 1.24 bits per heavy atom. The molecule has 0 spiro atoms. The van der Waals surface area contributed by atoms with Crippen molar-refractivity contribution < 1.29 is 4.74 Å². The first-order valence-electron chi connectivity index (χ1n) is 6.36. The topological polar surface area (TPSA) is 47.0 Å². The smallest absolute Gasteiger partial charge is 0.157 e. The highest BCUT2D eigenvalue weighted by atomic mass is 35.5. The fraction of sp³-hybridized carbons (Fsp3) is 0.286. The highest BCUT2D eigenvalue weighted by Crippen LogP contribution is 2.34. The van der Waals surface area contributed by atoms with E-state index >= 15 is 0 Å². The standard InChI is InChI=1S/C14H15Cl2N3OS/c1-3-17-12-7-14(19-13(18-12)8-20-2)21-11-6-9(15)4-5-10(11)16/h4-7H,3,8H2,1-2H3,(H,17,18,19). The van der Waals surface area contributed by atoms with Gasteiger partial charge in [-0.3, -0.25) is 0 Å². The van der Waals surface area contributed by atoms with Gasteiger partial charge in [-0.2, -0.15) is 0 Å². The van der Waals surface area contributed by atoms with E-state index in [1.165, 1.54) is 11.8 Å². The van der Waals surface area contributed by atoms with E-state index in [0.717, 1.165) is 22.3 Å². The minimum Gasteiger partial charge on any atom is -0.377 e. The summed E-state index contributed by atoms with van der Waals surface area (Å²) in [7, 11) is 1.62. The third kappa shape index (κ3) is 4.74. The van der Waals surface area contributed by atoms with Crippen LogP contribution in [0.2, 0.25) is 10.0 Å². The van der Waals surface area contributed by atoms with Crippen LogP contribution in [-0.2, 0) is 11.3 Å². The molecule has 0 aliphatic heterocycles. The number of anilines is 1. The number of nitrogens with zero attached hydrogens (tertiary/aromatic N) is 2. The Labute approximate surface area is 138 Å². The van der Waals surface area contributed by atoms with Gasteiger partial charge in [-0.15, -0.1) is 0 Å². The number of ether oxygens (including phenoxy) is 1. The Bertz CT molecular complexity index is 601. The predicted octanol–water partition coefficient (Wildman–Crippen LogP) is 4.51. The van der Waals surface area contributed by atoms with Gasteiger partial charge in [0.15, 0.2) is 5.82 Å². The first-order valence-corrected chi connectivity index (χ1v) is 7.93. The van der Waals surface area contributed by atoms with E-state index in [1.807, 2.05) is 19.1 Å². The van der Waals surface area contributed by atoms with E-state index in [4.69, 9.17) is 27.9 Å². The molecule has 0 radical (unpaired) electrons. The summed E-state index contributed by atoms with van der Waals surface area (Å²) in [5, 5.41) is 5.25. The van der Waals surface area contributed by atoms with E-state index in [9.17, 15) is 0 Å². The monoisotopic (exact) mass is 343 g/mol. The van der Waals surface area contributed by atoms with Crippen LogP contribution in [0.4, 0.5) is 5.82 Å². The van der Waals surface area contributed by atoms with Gasteiger partial charge in [-0.05, 0) is 25.1 Å². The summed E-state index contributed by atoms with van der Waals surface area (Å²) in [5.74, 6) is 1.39. The van der Waals surface area contributed by atoms with Crippen molar-refractivity contribution in [1.29, 1.82) is 0 Å². The maximum absolute atomic E-state index is 6.18. The lowest BCUT2D eigenvalue weighted by atomic mass is 10.4. The Hall–Kier alpha value is -1.01. The maximum Gasteiger partial charge on any atom is 0.157 e. The molecule has 112 valence electrons.